The van der Waals surface area contributed by atoms with Crippen LogP contribution in [0.4, 0.5) is 5.00 Å². The average molecular weight is 276 g/mol. The fraction of sp³-hybridized carbons (Fsp3) is 0.778. The Morgan fingerprint density at radius 3 is 2.94 bits per heavy atom. The van der Waals surface area contributed by atoms with Gasteiger partial charge in [0.25, 0.3) is 0 Å². The van der Waals surface area contributed by atoms with E-state index in [1.165, 1.54) is 11.5 Å². The van der Waals surface area contributed by atoms with Crippen molar-refractivity contribution in [2.24, 2.45) is 0 Å². The van der Waals surface area contributed by atoms with Crippen LogP contribution >= 0.6 is 11.5 Å². The lowest BCUT2D eigenvalue weighted by Crippen LogP contribution is -2.32. The summed E-state index contributed by atoms with van der Waals surface area (Å²) < 4.78 is 26.7. The van der Waals surface area contributed by atoms with Crippen molar-refractivity contribution in [2.45, 2.75) is 19.0 Å². The van der Waals surface area contributed by atoms with E-state index in [4.69, 9.17) is 0 Å². The molecular formula is C9H16N4O2S2. The quantitative estimate of drug-likeness (QED) is 0.846. The highest BCUT2D eigenvalue weighted by atomic mass is 32.2. The maximum atomic E-state index is 11.4. The van der Waals surface area contributed by atoms with Crippen molar-refractivity contribution >= 4 is 26.4 Å². The molecule has 0 amide bonds. The van der Waals surface area contributed by atoms with E-state index < -0.39 is 9.84 Å². The predicted octanol–water partition coefficient (Wildman–Crippen LogP) is 0.199. The molecule has 0 bridgehead atoms. The molecule has 2 rings (SSSR count). The molecule has 8 heteroatoms. The van der Waals surface area contributed by atoms with Gasteiger partial charge in [-0.1, -0.05) is 4.49 Å². The van der Waals surface area contributed by atoms with Crippen LogP contribution in [0, 0.1) is 0 Å². The Kier molecular flexibility index (Phi) is 3.64. The zero-order valence-electron chi connectivity index (χ0n) is 9.88. The van der Waals surface area contributed by atoms with Gasteiger partial charge in [-0.15, -0.1) is 5.10 Å². The summed E-state index contributed by atoms with van der Waals surface area (Å²) >= 11 is 1.32. The third kappa shape index (κ3) is 2.93. The van der Waals surface area contributed by atoms with Crippen LogP contribution in [-0.4, -0.2) is 54.5 Å². The van der Waals surface area contributed by atoms with Gasteiger partial charge in [-0.2, -0.15) is 0 Å². The molecule has 1 aromatic heterocycles. The molecule has 17 heavy (non-hydrogen) atoms. The lowest BCUT2D eigenvalue weighted by molar-refractivity contribution is 0.251. The van der Waals surface area contributed by atoms with Crippen LogP contribution in [0.15, 0.2) is 0 Å². The Labute approximate surface area is 105 Å². The zero-order chi connectivity index (χ0) is 12.5. The molecule has 1 aliphatic rings. The minimum absolute atomic E-state index is 0.103. The summed E-state index contributed by atoms with van der Waals surface area (Å²) in [5.41, 5.74) is 0.879. The summed E-state index contributed by atoms with van der Waals surface area (Å²) in [5, 5.41) is 8.03. The van der Waals surface area contributed by atoms with Gasteiger partial charge in [0.2, 0.25) is 0 Å². The molecule has 1 aromatic rings. The summed E-state index contributed by atoms with van der Waals surface area (Å²) in [6.07, 6.45) is 0.714. The van der Waals surface area contributed by atoms with Crippen molar-refractivity contribution in [2.75, 3.05) is 30.9 Å². The molecular weight excluding hydrogens is 260 g/mol. The second-order valence-electron chi connectivity index (χ2n) is 4.27. The number of aromatic nitrogens is 2. The minimum Gasteiger partial charge on any atom is -0.377 e. The summed E-state index contributed by atoms with van der Waals surface area (Å²) in [4.78, 5) is 2.04. The van der Waals surface area contributed by atoms with E-state index in [0.29, 0.717) is 18.7 Å². The summed E-state index contributed by atoms with van der Waals surface area (Å²) in [5.74, 6) is 0.562. The van der Waals surface area contributed by atoms with Gasteiger partial charge in [0, 0.05) is 31.2 Å². The van der Waals surface area contributed by atoms with Gasteiger partial charge in [0.05, 0.1) is 11.5 Å². The Morgan fingerprint density at radius 2 is 2.35 bits per heavy atom. The molecule has 1 saturated heterocycles. The van der Waals surface area contributed by atoms with Gasteiger partial charge in [-0.05, 0) is 13.5 Å². The second-order valence-corrected chi connectivity index (χ2v) is 7.25. The highest BCUT2D eigenvalue weighted by Gasteiger charge is 2.31. The summed E-state index contributed by atoms with van der Waals surface area (Å²) in [7, 11) is 0.941. The van der Waals surface area contributed by atoms with Crippen LogP contribution in [-0.2, 0) is 16.4 Å². The van der Waals surface area contributed by atoms with Crippen molar-refractivity contribution in [1.29, 1.82) is 0 Å². The largest absolute Gasteiger partial charge is 0.377 e. The second kappa shape index (κ2) is 4.87. The van der Waals surface area contributed by atoms with E-state index in [2.05, 4.69) is 14.9 Å². The summed E-state index contributed by atoms with van der Waals surface area (Å²) in [6.45, 7) is 0.632. The molecule has 1 aliphatic heterocycles. The van der Waals surface area contributed by atoms with E-state index in [9.17, 15) is 8.42 Å². The van der Waals surface area contributed by atoms with Crippen LogP contribution in [0.1, 0.15) is 12.1 Å². The molecule has 1 unspecified atom stereocenters. The molecule has 1 N–H and O–H groups in total. The van der Waals surface area contributed by atoms with E-state index in [0.717, 1.165) is 10.7 Å². The number of nitrogens with one attached hydrogen (secondary N) is 1. The first-order valence-corrected chi connectivity index (χ1v) is 8.01. The highest BCUT2D eigenvalue weighted by Crippen LogP contribution is 2.22. The Bertz CT molecular complexity index is 485. The first kappa shape index (κ1) is 12.7. The molecule has 1 atom stereocenters. The van der Waals surface area contributed by atoms with Crippen molar-refractivity contribution in [1.82, 2.24) is 14.5 Å². The standard InChI is InChI=1S/C9H16N4O2S2/c1-10-9-8(11-12-16-9)5-13(2)7-3-4-17(14,15)6-7/h7,10H,3-6H2,1-2H3. The summed E-state index contributed by atoms with van der Waals surface area (Å²) in [6, 6.07) is 0.103. The van der Waals surface area contributed by atoms with Gasteiger partial charge in [0.1, 0.15) is 10.7 Å². The fourth-order valence-electron chi connectivity index (χ4n) is 1.99. The number of hydrogen-bond acceptors (Lipinski definition) is 7. The van der Waals surface area contributed by atoms with Crippen molar-refractivity contribution in [3.05, 3.63) is 5.69 Å². The van der Waals surface area contributed by atoms with Crippen LogP contribution in [0.2, 0.25) is 0 Å². The number of sulfone groups is 1. The van der Waals surface area contributed by atoms with E-state index >= 15 is 0 Å². The SMILES string of the molecule is CNc1snnc1CN(C)C1CCS(=O)(=O)C1. The molecule has 0 radical (unpaired) electrons. The van der Waals surface area contributed by atoms with Crippen LogP contribution in [0.25, 0.3) is 0 Å². The smallest absolute Gasteiger partial charge is 0.151 e. The minimum atomic E-state index is -2.83. The number of hydrogen-bond donors (Lipinski definition) is 1. The van der Waals surface area contributed by atoms with Gasteiger partial charge >= 0.3 is 0 Å². The monoisotopic (exact) mass is 276 g/mol. The molecule has 0 aliphatic carbocycles. The van der Waals surface area contributed by atoms with Crippen molar-refractivity contribution in [3.63, 3.8) is 0 Å². The molecule has 0 aromatic carbocycles. The molecule has 1 fully saturated rings. The van der Waals surface area contributed by atoms with Crippen LogP contribution in [0.5, 0.6) is 0 Å². The first-order valence-electron chi connectivity index (χ1n) is 5.41. The van der Waals surface area contributed by atoms with Gasteiger partial charge in [0.15, 0.2) is 9.84 Å². The normalized spacial score (nSPS) is 23.1. The number of nitrogens with zero attached hydrogens (tertiary/aromatic N) is 3. The molecule has 0 spiro atoms. The lowest BCUT2D eigenvalue weighted by Gasteiger charge is -2.22. The highest BCUT2D eigenvalue weighted by molar-refractivity contribution is 7.91. The topological polar surface area (TPSA) is 75.2 Å². The first-order chi connectivity index (χ1) is 8.02. The third-order valence-electron chi connectivity index (χ3n) is 3.01. The van der Waals surface area contributed by atoms with Crippen molar-refractivity contribution < 1.29 is 8.42 Å². The maximum absolute atomic E-state index is 11.4. The molecule has 2 heterocycles. The van der Waals surface area contributed by atoms with E-state index in [1.807, 2.05) is 19.0 Å². The van der Waals surface area contributed by atoms with Gasteiger partial charge in [-0.25, -0.2) is 8.42 Å². The van der Waals surface area contributed by atoms with Crippen LogP contribution < -0.4 is 5.32 Å². The lowest BCUT2D eigenvalue weighted by atomic mass is 10.2. The van der Waals surface area contributed by atoms with E-state index in [1.54, 1.807) is 0 Å². The van der Waals surface area contributed by atoms with E-state index in [-0.39, 0.29) is 11.8 Å². The molecule has 0 saturated carbocycles. The fourth-order valence-corrected chi connectivity index (χ4v) is 4.32. The Hall–Kier alpha value is -0.730. The Morgan fingerprint density at radius 1 is 1.59 bits per heavy atom. The number of rotatable bonds is 4. The number of anilines is 1. The van der Waals surface area contributed by atoms with Crippen molar-refractivity contribution in [3.8, 4) is 0 Å². The average Bonchev–Trinajstić information content (AvgIpc) is 2.84. The van der Waals surface area contributed by atoms with Crippen LogP contribution in [0.3, 0.4) is 0 Å². The molecule has 6 nitrogen and oxygen atoms in total. The predicted molar refractivity (Wildman–Crippen MR) is 68.0 cm³/mol. The zero-order valence-corrected chi connectivity index (χ0v) is 11.5. The maximum Gasteiger partial charge on any atom is 0.151 e. The van der Waals surface area contributed by atoms with Gasteiger partial charge in [-0.3, -0.25) is 4.90 Å². The molecule has 96 valence electrons. The third-order valence-corrected chi connectivity index (χ3v) is 5.55. The van der Waals surface area contributed by atoms with Gasteiger partial charge < -0.3 is 5.32 Å². The Balaban J connectivity index is 2.00.